The van der Waals surface area contributed by atoms with Crippen LogP contribution in [0.3, 0.4) is 0 Å². The Morgan fingerprint density at radius 1 is 1.37 bits per heavy atom. The predicted octanol–water partition coefficient (Wildman–Crippen LogP) is 2.70. The van der Waals surface area contributed by atoms with Crippen molar-refractivity contribution in [3.05, 3.63) is 35.4 Å². The highest BCUT2D eigenvalue weighted by molar-refractivity contribution is 6.00. The van der Waals surface area contributed by atoms with E-state index in [4.69, 9.17) is 0 Å². The minimum Gasteiger partial charge on any atom is -0.481 e. The Labute approximate surface area is 113 Å². The lowest BCUT2D eigenvalue weighted by molar-refractivity contribution is -0.144. The third kappa shape index (κ3) is 2.11. The number of hydrogen-bond acceptors (Lipinski definition) is 2. The minimum absolute atomic E-state index is 0.0155. The number of carbonyl (C=O) groups excluding carboxylic acids is 1. The van der Waals surface area contributed by atoms with Crippen LogP contribution in [0.15, 0.2) is 24.3 Å². The van der Waals surface area contributed by atoms with Crippen molar-refractivity contribution >= 4 is 11.9 Å². The summed E-state index contributed by atoms with van der Waals surface area (Å²) in [7, 11) is 0. The van der Waals surface area contributed by atoms with E-state index in [1.807, 2.05) is 39.0 Å². The van der Waals surface area contributed by atoms with Crippen LogP contribution in [0.25, 0.3) is 0 Å². The molecular formula is C15H19NO3. The van der Waals surface area contributed by atoms with E-state index in [2.05, 4.69) is 0 Å². The predicted molar refractivity (Wildman–Crippen MR) is 71.9 cm³/mol. The van der Waals surface area contributed by atoms with Crippen LogP contribution in [0.5, 0.6) is 0 Å². The molecule has 1 N–H and O–H groups in total. The largest absolute Gasteiger partial charge is 0.481 e. The molecule has 0 bridgehead atoms. The fourth-order valence-electron chi connectivity index (χ4n) is 2.86. The second kappa shape index (κ2) is 5.03. The van der Waals surface area contributed by atoms with Crippen LogP contribution in [-0.2, 0) is 4.79 Å². The highest BCUT2D eigenvalue weighted by Gasteiger charge is 2.43. The van der Waals surface area contributed by atoms with Gasteiger partial charge in [-0.1, -0.05) is 25.1 Å². The molecule has 2 atom stereocenters. The number of aliphatic carboxylic acids is 1. The third-order valence-electron chi connectivity index (χ3n) is 3.74. The van der Waals surface area contributed by atoms with E-state index < -0.39 is 11.9 Å². The summed E-state index contributed by atoms with van der Waals surface area (Å²) in [6.07, 6.45) is 0.505. The van der Waals surface area contributed by atoms with Gasteiger partial charge in [-0.2, -0.15) is 0 Å². The fraction of sp³-hybridized carbons (Fsp3) is 0.467. The molecule has 1 aromatic carbocycles. The first-order chi connectivity index (χ1) is 8.99. The molecule has 1 aliphatic rings. The zero-order chi connectivity index (χ0) is 14.2. The summed E-state index contributed by atoms with van der Waals surface area (Å²) in [6.45, 7) is 5.69. The molecule has 0 fully saturated rings. The maximum Gasteiger partial charge on any atom is 0.308 e. The highest BCUT2D eigenvalue weighted by atomic mass is 16.4. The molecule has 1 amide bonds. The number of rotatable bonds is 4. The van der Waals surface area contributed by atoms with E-state index in [0.717, 1.165) is 5.56 Å². The summed E-state index contributed by atoms with van der Waals surface area (Å²) < 4.78 is 0. The van der Waals surface area contributed by atoms with E-state index in [9.17, 15) is 14.7 Å². The first-order valence-corrected chi connectivity index (χ1v) is 6.63. The summed E-state index contributed by atoms with van der Waals surface area (Å²) in [6, 6.07) is 6.95. The molecule has 0 aliphatic carbocycles. The van der Waals surface area contributed by atoms with Crippen LogP contribution in [0.4, 0.5) is 0 Å². The lowest BCUT2D eigenvalue weighted by Gasteiger charge is -2.32. The normalized spacial score (nSPS) is 19.7. The SMILES string of the molecule is CCC(C(=O)O)C1c2ccccc2C(=O)N1C(C)C. The second-order valence-electron chi connectivity index (χ2n) is 5.19. The van der Waals surface area contributed by atoms with Crippen LogP contribution < -0.4 is 0 Å². The monoisotopic (exact) mass is 261 g/mol. The van der Waals surface area contributed by atoms with Crippen LogP contribution in [-0.4, -0.2) is 27.9 Å². The molecule has 0 aromatic heterocycles. The lowest BCUT2D eigenvalue weighted by Crippen LogP contribution is -2.39. The van der Waals surface area contributed by atoms with Crippen molar-refractivity contribution in [3.63, 3.8) is 0 Å². The Bertz CT molecular complexity index is 510. The minimum atomic E-state index is -0.845. The highest BCUT2D eigenvalue weighted by Crippen LogP contribution is 2.41. The Morgan fingerprint density at radius 2 is 2.00 bits per heavy atom. The Hall–Kier alpha value is -1.84. The van der Waals surface area contributed by atoms with Crippen molar-refractivity contribution in [1.29, 1.82) is 0 Å². The average Bonchev–Trinajstić information content (AvgIpc) is 2.65. The molecule has 1 aliphatic heterocycles. The van der Waals surface area contributed by atoms with Gasteiger partial charge in [0.15, 0.2) is 0 Å². The van der Waals surface area contributed by atoms with Gasteiger partial charge in [0.1, 0.15) is 0 Å². The van der Waals surface area contributed by atoms with Gasteiger partial charge in [0.05, 0.1) is 12.0 Å². The molecule has 4 heteroatoms. The van der Waals surface area contributed by atoms with Crippen LogP contribution in [0, 0.1) is 5.92 Å². The van der Waals surface area contributed by atoms with Crippen LogP contribution in [0.1, 0.15) is 49.2 Å². The molecule has 2 rings (SSSR count). The first kappa shape index (κ1) is 13.6. The zero-order valence-electron chi connectivity index (χ0n) is 11.5. The van der Waals surface area contributed by atoms with Crippen molar-refractivity contribution in [2.45, 2.75) is 39.3 Å². The van der Waals surface area contributed by atoms with Gasteiger partial charge < -0.3 is 10.0 Å². The molecule has 102 valence electrons. The molecule has 0 saturated heterocycles. The van der Waals surface area contributed by atoms with Gasteiger partial charge in [-0.25, -0.2) is 0 Å². The van der Waals surface area contributed by atoms with Crippen LogP contribution >= 0.6 is 0 Å². The smallest absolute Gasteiger partial charge is 0.308 e. The number of carboxylic acids is 1. The van der Waals surface area contributed by atoms with Crippen molar-refractivity contribution in [3.8, 4) is 0 Å². The maximum absolute atomic E-state index is 12.4. The van der Waals surface area contributed by atoms with Gasteiger partial charge in [0, 0.05) is 11.6 Å². The molecule has 4 nitrogen and oxygen atoms in total. The summed E-state index contributed by atoms with van der Waals surface area (Å²) in [5, 5.41) is 9.41. The van der Waals surface area contributed by atoms with Gasteiger partial charge in [0.2, 0.25) is 0 Å². The molecule has 19 heavy (non-hydrogen) atoms. The molecular weight excluding hydrogens is 242 g/mol. The Kier molecular flexibility index (Phi) is 3.60. The summed E-state index contributed by atoms with van der Waals surface area (Å²) in [4.78, 5) is 25.6. The average molecular weight is 261 g/mol. The molecule has 0 spiro atoms. The maximum atomic E-state index is 12.4. The van der Waals surface area contributed by atoms with E-state index >= 15 is 0 Å². The quantitative estimate of drug-likeness (QED) is 0.906. The number of hydrogen-bond donors (Lipinski definition) is 1. The molecule has 2 unspecified atom stereocenters. The van der Waals surface area contributed by atoms with Crippen molar-refractivity contribution < 1.29 is 14.7 Å². The Morgan fingerprint density at radius 3 is 2.53 bits per heavy atom. The molecule has 0 saturated carbocycles. The van der Waals surface area contributed by atoms with Gasteiger partial charge in [-0.15, -0.1) is 0 Å². The standard InChI is InChI=1S/C15H19NO3/c1-4-10(15(18)19)13-11-7-5-6-8-12(11)14(17)16(13)9(2)3/h5-10,13H,4H2,1-3H3,(H,18,19). The number of amides is 1. The van der Waals surface area contributed by atoms with Crippen LogP contribution in [0.2, 0.25) is 0 Å². The zero-order valence-corrected chi connectivity index (χ0v) is 11.5. The van der Waals surface area contributed by atoms with E-state index in [0.29, 0.717) is 12.0 Å². The number of benzene rings is 1. The van der Waals surface area contributed by atoms with Crippen molar-refractivity contribution in [2.75, 3.05) is 0 Å². The molecule has 1 heterocycles. The summed E-state index contributed by atoms with van der Waals surface area (Å²) >= 11 is 0. The lowest BCUT2D eigenvalue weighted by atomic mass is 9.90. The molecule has 1 aromatic rings. The van der Waals surface area contributed by atoms with E-state index in [-0.39, 0.29) is 18.0 Å². The fourth-order valence-corrected chi connectivity index (χ4v) is 2.86. The van der Waals surface area contributed by atoms with Gasteiger partial charge in [-0.05, 0) is 31.9 Å². The second-order valence-corrected chi connectivity index (χ2v) is 5.19. The Balaban J connectivity index is 2.54. The number of fused-ring (bicyclic) bond motifs is 1. The van der Waals surface area contributed by atoms with Gasteiger partial charge in [0.25, 0.3) is 5.91 Å². The number of carboxylic acid groups (broad SMARTS) is 1. The van der Waals surface area contributed by atoms with E-state index in [1.54, 1.807) is 11.0 Å². The summed E-state index contributed by atoms with van der Waals surface area (Å²) in [5.41, 5.74) is 1.48. The van der Waals surface area contributed by atoms with Gasteiger partial charge >= 0.3 is 5.97 Å². The van der Waals surface area contributed by atoms with Crippen molar-refractivity contribution in [2.24, 2.45) is 5.92 Å². The summed E-state index contributed by atoms with van der Waals surface area (Å²) in [5.74, 6) is -1.46. The topological polar surface area (TPSA) is 57.6 Å². The number of carbonyl (C=O) groups is 2. The van der Waals surface area contributed by atoms with Crippen molar-refractivity contribution in [1.82, 2.24) is 4.90 Å². The number of nitrogens with zero attached hydrogens (tertiary/aromatic N) is 1. The molecule has 0 radical (unpaired) electrons. The first-order valence-electron chi connectivity index (χ1n) is 6.63. The third-order valence-corrected chi connectivity index (χ3v) is 3.74. The van der Waals surface area contributed by atoms with E-state index in [1.165, 1.54) is 0 Å². The van der Waals surface area contributed by atoms with Gasteiger partial charge in [-0.3, -0.25) is 9.59 Å².